The zero-order chi connectivity index (χ0) is 19.0. The predicted octanol–water partition coefficient (Wildman–Crippen LogP) is 4.23. The molecule has 4 aromatic rings. The zero-order valence-electron chi connectivity index (χ0n) is 14.0. The third kappa shape index (κ3) is 3.12. The number of fused-ring (bicyclic) bond motifs is 1. The lowest BCUT2D eigenvalue weighted by Gasteiger charge is -2.11. The fourth-order valence-corrected chi connectivity index (χ4v) is 3.06. The number of rotatable bonds is 3. The van der Waals surface area contributed by atoms with Gasteiger partial charge in [0.15, 0.2) is 0 Å². The van der Waals surface area contributed by atoms with Gasteiger partial charge in [-0.05, 0) is 24.3 Å². The number of nitrogens with zero attached hydrogens (tertiary/aromatic N) is 3. The lowest BCUT2D eigenvalue weighted by atomic mass is 10.1. The van der Waals surface area contributed by atoms with E-state index in [2.05, 4.69) is 4.98 Å². The zero-order valence-corrected chi connectivity index (χ0v) is 14.0. The van der Waals surface area contributed by atoms with Crippen LogP contribution >= 0.6 is 0 Å². The maximum atomic E-state index is 13.1. The Morgan fingerprint density at radius 3 is 2.37 bits per heavy atom. The summed E-state index contributed by atoms with van der Waals surface area (Å²) in [6.45, 7) is -0.0296. The largest absolute Gasteiger partial charge is 0.421 e. The summed E-state index contributed by atoms with van der Waals surface area (Å²) in [6, 6.07) is 16.8. The molecule has 0 saturated heterocycles. The van der Waals surface area contributed by atoms with E-state index in [1.165, 1.54) is 12.3 Å². The van der Waals surface area contributed by atoms with Gasteiger partial charge >= 0.3 is 6.18 Å². The van der Waals surface area contributed by atoms with E-state index in [1.54, 1.807) is 10.6 Å². The van der Waals surface area contributed by atoms with Crippen LogP contribution in [0.5, 0.6) is 0 Å². The van der Waals surface area contributed by atoms with Gasteiger partial charge in [-0.15, -0.1) is 0 Å². The Kier molecular flexibility index (Phi) is 4.07. The second kappa shape index (κ2) is 6.42. The van der Waals surface area contributed by atoms with Crippen LogP contribution in [0.2, 0.25) is 0 Å². The molecule has 0 bridgehead atoms. The van der Waals surface area contributed by atoms with Crippen molar-refractivity contribution in [3.63, 3.8) is 0 Å². The van der Waals surface area contributed by atoms with E-state index in [0.29, 0.717) is 17.0 Å². The molecule has 7 heteroatoms. The molecule has 0 saturated carbocycles. The van der Waals surface area contributed by atoms with Crippen LogP contribution in [0.25, 0.3) is 16.9 Å². The number of halogens is 3. The molecule has 0 fully saturated rings. The normalized spacial score (nSPS) is 11.8. The second-order valence-electron chi connectivity index (χ2n) is 6.05. The topological polar surface area (TPSA) is 39.3 Å². The smallest absolute Gasteiger partial charge is 0.309 e. The third-order valence-corrected chi connectivity index (χ3v) is 4.32. The minimum absolute atomic E-state index is 0.0296. The van der Waals surface area contributed by atoms with Gasteiger partial charge in [-0.3, -0.25) is 4.79 Å². The molecule has 0 unspecified atom stereocenters. The highest BCUT2D eigenvalue weighted by atomic mass is 19.4. The molecule has 0 amide bonds. The molecule has 0 atom stereocenters. The standard InChI is InChI=1S/C20H14F3N3O/c21-20(22,23)15-9-6-11-25(19(15)27)13-16-18(14-7-2-1-3-8-14)24-17-10-4-5-12-26(16)17/h1-12H,13H2. The Bertz CT molecular complexity index is 1160. The monoisotopic (exact) mass is 369 g/mol. The Morgan fingerprint density at radius 2 is 1.63 bits per heavy atom. The third-order valence-electron chi connectivity index (χ3n) is 4.32. The van der Waals surface area contributed by atoms with Gasteiger partial charge in [-0.1, -0.05) is 36.4 Å². The summed E-state index contributed by atoms with van der Waals surface area (Å²) in [5, 5.41) is 0. The van der Waals surface area contributed by atoms with Crippen molar-refractivity contribution in [2.45, 2.75) is 12.7 Å². The molecule has 3 aromatic heterocycles. The van der Waals surface area contributed by atoms with Crippen LogP contribution in [0.4, 0.5) is 13.2 Å². The van der Waals surface area contributed by atoms with Crippen molar-refractivity contribution in [1.82, 2.24) is 14.0 Å². The molecule has 0 spiro atoms. The first-order chi connectivity index (χ1) is 12.9. The lowest BCUT2D eigenvalue weighted by Crippen LogP contribution is -2.28. The molecular weight excluding hydrogens is 355 g/mol. The van der Waals surface area contributed by atoms with Gasteiger partial charge in [0, 0.05) is 18.0 Å². The predicted molar refractivity (Wildman–Crippen MR) is 95.4 cm³/mol. The van der Waals surface area contributed by atoms with Crippen LogP contribution in [0.3, 0.4) is 0 Å². The van der Waals surface area contributed by atoms with Crippen LogP contribution in [0, 0.1) is 0 Å². The Morgan fingerprint density at radius 1 is 0.889 bits per heavy atom. The molecule has 27 heavy (non-hydrogen) atoms. The van der Waals surface area contributed by atoms with E-state index < -0.39 is 17.3 Å². The molecular formula is C20H14F3N3O. The Balaban J connectivity index is 1.89. The number of pyridine rings is 2. The molecule has 3 heterocycles. The summed E-state index contributed by atoms with van der Waals surface area (Å²) >= 11 is 0. The van der Waals surface area contributed by atoms with E-state index in [-0.39, 0.29) is 6.54 Å². The van der Waals surface area contributed by atoms with E-state index in [4.69, 9.17) is 0 Å². The fraction of sp³-hybridized carbons (Fsp3) is 0.100. The number of hydrogen-bond donors (Lipinski definition) is 0. The maximum absolute atomic E-state index is 13.1. The molecule has 4 nitrogen and oxygen atoms in total. The highest BCUT2D eigenvalue weighted by molar-refractivity contribution is 5.66. The van der Waals surface area contributed by atoms with Crippen LogP contribution in [-0.4, -0.2) is 14.0 Å². The SMILES string of the molecule is O=c1c(C(F)(F)F)cccn1Cc1c(-c2ccccc2)nc2ccccn12. The van der Waals surface area contributed by atoms with Crippen LogP contribution in [0.1, 0.15) is 11.3 Å². The van der Waals surface area contributed by atoms with Crippen molar-refractivity contribution in [2.24, 2.45) is 0 Å². The highest BCUT2D eigenvalue weighted by Crippen LogP contribution is 2.27. The summed E-state index contributed by atoms with van der Waals surface area (Å²) in [5.41, 5.74) is 0.502. The fourth-order valence-electron chi connectivity index (χ4n) is 3.06. The lowest BCUT2D eigenvalue weighted by molar-refractivity contribution is -0.138. The van der Waals surface area contributed by atoms with Crippen LogP contribution < -0.4 is 5.56 Å². The first kappa shape index (κ1) is 17.1. The quantitative estimate of drug-likeness (QED) is 0.542. The number of alkyl halides is 3. The summed E-state index contributed by atoms with van der Waals surface area (Å²) in [7, 11) is 0. The second-order valence-corrected chi connectivity index (χ2v) is 6.05. The number of hydrogen-bond acceptors (Lipinski definition) is 2. The molecule has 0 aliphatic carbocycles. The molecule has 0 N–H and O–H groups in total. The van der Waals surface area contributed by atoms with Gasteiger partial charge < -0.3 is 8.97 Å². The highest BCUT2D eigenvalue weighted by Gasteiger charge is 2.34. The van der Waals surface area contributed by atoms with Crippen molar-refractivity contribution < 1.29 is 13.2 Å². The Hall–Kier alpha value is -3.35. The number of benzene rings is 1. The summed E-state index contributed by atoms with van der Waals surface area (Å²) < 4.78 is 42.1. The van der Waals surface area contributed by atoms with Gasteiger partial charge in [-0.2, -0.15) is 13.2 Å². The average Bonchev–Trinajstić information content (AvgIpc) is 3.02. The molecule has 136 valence electrons. The van der Waals surface area contributed by atoms with Gasteiger partial charge in [0.1, 0.15) is 11.2 Å². The van der Waals surface area contributed by atoms with Crippen molar-refractivity contribution in [3.05, 3.63) is 94.7 Å². The molecule has 4 rings (SSSR count). The van der Waals surface area contributed by atoms with E-state index >= 15 is 0 Å². The van der Waals surface area contributed by atoms with E-state index in [0.717, 1.165) is 16.2 Å². The molecule has 0 radical (unpaired) electrons. The van der Waals surface area contributed by atoms with E-state index in [1.807, 2.05) is 48.5 Å². The summed E-state index contributed by atoms with van der Waals surface area (Å²) in [4.78, 5) is 16.9. The minimum Gasteiger partial charge on any atom is -0.309 e. The van der Waals surface area contributed by atoms with Gasteiger partial charge in [0.05, 0.1) is 17.9 Å². The van der Waals surface area contributed by atoms with Crippen molar-refractivity contribution in [1.29, 1.82) is 0 Å². The maximum Gasteiger partial charge on any atom is 0.421 e. The first-order valence-electron chi connectivity index (χ1n) is 8.23. The average molecular weight is 369 g/mol. The molecule has 0 aliphatic rings. The van der Waals surface area contributed by atoms with Crippen molar-refractivity contribution in [2.75, 3.05) is 0 Å². The molecule has 0 aliphatic heterocycles. The molecule has 1 aromatic carbocycles. The minimum atomic E-state index is -4.69. The van der Waals surface area contributed by atoms with Gasteiger partial charge in [-0.25, -0.2) is 4.98 Å². The van der Waals surface area contributed by atoms with Crippen molar-refractivity contribution in [3.8, 4) is 11.3 Å². The number of aromatic nitrogens is 3. The number of imidazole rings is 1. The van der Waals surface area contributed by atoms with Crippen molar-refractivity contribution >= 4 is 5.65 Å². The van der Waals surface area contributed by atoms with Crippen LogP contribution in [-0.2, 0) is 12.7 Å². The summed E-state index contributed by atoms with van der Waals surface area (Å²) in [5.74, 6) is 0. The first-order valence-corrected chi connectivity index (χ1v) is 8.23. The van der Waals surface area contributed by atoms with Gasteiger partial charge in [0.25, 0.3) is 5.56 Å². The summed E-state index contributed by atoms with van der Waals surface area (Å²) in [6.07, 6.45) is -1.56. The Labute approximate surface area is 152 Å². The van der Waals surface area contributed by atoms with Gasteiger partial charge in [0.2, 0.25) is 0 Å². The van der Waals surface area contributed by atoms with E-state index in [9.17, 15) is 18.0 Å². The van der Waals surface area contributed by atoms with Crippen LogP contribution in [0.15, 0.2) is 77.9 Å².